The van der Waals surface area contributed by atoms with Crippen LogP contribution in [0.4, 0.5) is 5.69 Å². The summed E-state index contributed by atoms with van der Waals surface area (Å²) in [4.78, 5) is 23.9. The second-order valence-electron chi connectivity index (χ2n) is 8.16. The average molecular weight is 422 g/mol. The Labute approximate surface area is 181 Å². The molecule has 0 aliphatic rings. The minimum atomic E-state index is -0.387. The molecule has 1 aromatic heterocycles. The van der Waals surface area contributed by atoms with E-state index in [1.807, 2.05) is 32.9 Å². The normalized spacial score (nSPS) is 11.1. The molecule has 0 aliphatic heterocycles. The zero-order valence-electron chi connectivity index (χ0n) is 18.1. The summed E-state index contributed by atoms with van der Waals surface area (Å²) in [5.41, 5.74) is 2.42. The largest absolute Gasteiger partial charge is 0.489 e. The lowest BCUT2D eigenvalue weighted by molar-refractivity contribution is -0.115. The van der Waals surface area contributed by atoms with Crippen LogP contribution in [0.1, 0.15) is 48.1 Å². The quantitative estimate of drug-likeness (QED) is 0.563. The number of carbonyl (C=O) groups excluding carboxylic acids is 2. The molecule has 0 radical (unpaired) electrons. The van der Waals surface area contributed by atoms with Gasteiger partial charge in [0, 0.05) is 17.2 Å². The Balaban J connectivity index is 1.52. The highest BCUT2D eigenvalue weighted by molar-refractivity contribution is 5.92. The number of methoxy groups -OCH3 is 1. The van der Waals surface area contributed by atoms with E-state index >= 15 is 0 Å². The maximum absolute atomic E-state index is 12.3. The van der Waals surface area contributed by atoms with Gasteiger partial charge in [0.05, 0.1) is 24.8 Å². The zero-order valence-corrected chi connectivity index (χ0v) is 18.1. The van der Waals surface area contributed by atoms with Crippen molar-refractivity contribution in [3.05, 3.63) is 77.2 Å². The van der Waals surface area contributed by atoms with Crippen molar-refractivity contribution in [2.75, 3.05) is 12.4 Å². The number of hydrogen-bond donors (Lipinski definition) is 1. The summed E-state index contributed by atoms with van der Waals surface area (Å²) in [6.45, 7) is 6.38. The minimum Gasteiger partial charge on any atom is -0.489 e. The molecule has 1 heterocycles. The third kappa shape index (κ3) is 6.18. The molecule has 162 valence electrons. The van der Waals surface area contributed by atoms with Crippen molar-refractivity contribution < 1.29 is 23.6 Å². The molecule has 7 heteroatoms. The van der Waals surface area contributed by atoms with Crippen molar-refractivity contribution in [1.82, 2.24) is 5.16 Å². The van der Waals surface area contributed by atoms with Crippen LogP contribution in [0.15, 0.2) is 59.1 Å². The van der Waals surface area contributed by atoms with E-state index in [0.29, 0.717) is 29.3 Å². The van der Waals surface area contributed by atoms with Gasteiger partial charge in [0.25, 0.3) is 0 Å². The highest BCUT2D eigenvalue weighted by Crippen LogP contribution is 2.23. The van der Waals surface area contributed by atoms with Gasteiger partial charge >= 0.3 is 5.97 Å². The SMILES string of the molecule is COC(=O)c1cccc(COc2ccc(NC(=O)Cc3cc(C(C)(C)C)on3)cc2)c1. The van der Waals surface area contributed by atoms with Crippen LogP contribution in [-0.2, 0) is 28.0 Å². The second-order valence-corrected chi connectivity index (χ2v) is 8.16. The highest BCUT2D eigenvalue weighted by atomic mass is 16.5. The smallest absolute Gasteiger partial charge is 0.337 e. The number of benzene rings is 2. The van der Waals surface area contributed by atoms with Crippen LogP contribution in [0.5, 0.6) is 5.75 Å². The first-order valence-corrected chi connectivity index (χ1v) is 9.90. The molecule has 0 atom stereocenters. The molecule has 31 heavy (non-hydrogen) atoms. The molecular weight excluding hydrogens is 396 g/mol. The fourth-order valence-electron chi connectivity index (χ4n) is 2.83. The summed E-state index contributed by atoms with van der Waals surface area (Å²) in [7, 11) is 1.35. The van der Waals surface area contributed by atoms with Crippen molar-refractivity contribution in [3.63, 3.8) is 0 Å². The number of ether oxygens (including phenoxy) is 2. The molecule has 0 saturated carbocycles. The van der Waals surface area contributed by atoms with Gasteiger partial charge in [0.1, 0.15) is 18.1 Å². The number of esters is 1. The van der Waals surface area contributed by atoms with Crippen LogP contribution in [0.2, 0.25) is 0 Å². The standard InChI is InChI=1S/C24H26N2O5/c1-24(2,3)21-13-19(26-31-21)14-22(27)25-18-8-10-20(11-9-18)30-15-16-6-5-7-17(12-16)23(28)29-4/h5-13H,14-15H2,1-4H3,(H,25,27). The van der Waals surface area contributed by atoms with Crippen LogP contribution < -0.4 is 10.1 Å². The van der Waals surface area contributed by atoms with E-state index in [2.05, 4.69) is 10.5 Å². The van der Waals surface area contributed by atoms with Crippen LogP contribution in [0, 0.1) is 0 Å². The average Bonchev–Trinajstić information content (AvgIpc) is 3.22. The fraction of sp³-hybridized carbons (Fsp3) is 0.292. The molecule has 0 saturated heterocycles. The molecule has 0 unspecified atom stereocenters. The number of rotatable bonds is 7. The molecule has 0 bridgehead atoms. The molecule has 7 nitrogen and oxygen atoms in total. The monoisotopic (exact) mass is 422 g/mol. The summed E-state index contributed by atoms with van der Waals surface area (Å²) >= 11 is 0. The van der Waals surface area contributed by atoms with Gasteiger partial charge in [0.2, 0.25) is 5.91 Å². The lowest BCUT2D eigenvalue weighted by Gasteiger charge is -2.12. The molecule has 3 rings (SSSR count). The number of nitrogens with zero attached hydrogens (tertiary/aromatic N) is 1. The Morgan fingerprint density at radius 1 is 1.06 bits per heavy atom. The van der Waals surface area contributed by atoms with Crippen LogP contribution in [0.3, 0.4) is 0 Å². The van der Waals surface area contributed by atoms with Gasteiger partial charge in [-0.05, 0) is 42.0 Å². The summed E-state index contributed by atoms with van der Waals surface area (Å²) < 4.78 is 15.8. The lowest BCUT2D eigenvalue weighted by atomic mass is 9.93. The topological polar surface area (TPSA) is 90.7 Å². The first-order chi connectivity index (χ1) is 14.7. The second kappa shape index (κ2) is 9.47. The lowest BCUT2D eigenvalue weighted by Crippen LogP contribution is -2.14. The van der Waals surface area contributed by atoms with Crippen molar-refractivity contribution >= 4 is 17.6 Å². The molecule has 1 N–H and O–H groups in total. The van der Waals surface area contributed by atoms with Gasteiger partial charge in [-0.2, -0.15) is 0 Å². The predicted molar refractivity (Wildman–Crippen MR) is 116 cm³/mol. The van der Waals surface area contributed by atoms with Gasteiger partial charge in [-0.25, -0.2) is 4.79 Å². The van der Waals surface area contributed by atoms with Gasteiger partial charge in [-0.15, -0.1) is 0 Å². The number of carbonyl (C=O) groups is 2. The number of hydrogen-bond acceptors (Lipinski definition) is 6. The molecule has 0 aliphatic carbocycles. The maximum Gasteiger partial charge on any atom is 0.337 e. The first kappa shape index (κ1) is 22.1. The van der Waals surface area contributed by atoms with Crippen molar-refractivity contribution in [2.45, 2.75) is 39.2 Å². The summed E-state index contributed by atoms with van der Waals surface area (Å²) in [5.74, 6) is 0.825. The highest BCUT2D eigenvalue weighted by Gasteiger charge is 2.20. The number of amides is 1. The van der Waals surface area contributed by atoms with Crippen LogP contribution in [-0.4, -0.2) is 24.1 Å². The van der Waals surface area contributed by atoms with E-state index in [1.54, 1.807) is 42.5 Å². The minimum absolute atomic E-state index is 0.133. The third-order valence-corrected chi connectivity index (χ3v) is 4.53. The van der Waals surface area contributed by atoms with E-state index in [4.69, 9.17) is 14.0 Å². The van der Waals surface area contributed by atoms with Crippen molar-refractivity contribution in [3.8, 4) is 5.75 Å². The Morgan fingerprint density at radius 2 is 1.81 bits per heavy atom. The van der Waals surface area contributed by atoms with E-state index in [0.717, 1.165) is 11.3 Å². The van der Waals surface area contributed by atoms with Crippen LogP contribution >= 0.6 is 0 Å². The van der Waals surface area contributed by atoms with Crippen molar-refractivity contribution in [2.24, 2.45) is 0 Å². The van der Waals surface area contributed by atoms with E-state index in [-0.39, 0.29) is 23.7 Å². The fourth-order valence-corrected chi connectivity index (χ4v) is 2.83. The number of anilines is 1. The number of aromatic nitrogens is 1. The molecule has 1 amide bonds. The zero-order chi connectivity index (χ0) is 22.4. The van der Waals surface area contributed by atoms with E-state index < -0.39 is 0 Å². The van der Waals surface area contributed by atoms with Crippen molar-refractivity contribution in [1.29, 1.82) is 0 Å². The van der Waals surface area contributed by atoms with Gasteiger partial charge in [0.15, 0.2) is 0 Å². The first-order valence-electron chi connectivity index (χ1n) is 9.90. The Morgan fingerprint density at radius 3 is 2.45 bits per heavy atom. The molecule has 3 aromatic rings. The Hall–Kier alpha value is -3.61. The van der Waals surface area contributed by atoms with E-state index in [9.17, 15) is 9.59 Å². The van der Waals surface area contributed by atoms with Gasteiger partial charge < -0.3 is 19.3 Å². The molecular formula is C24H26N2O5. The predicted octanol–water partition coefficient (Wildman–Crippen LogP) is 4.52. The number of nitrogens with one attached hydrogen (secondary N) is 1. The molecule has 2 aromatic carbocycles. The summed E-state index contributed by atoms with van der Waals surface area (Å²) in [6, 6.07) is 16.0. The maximum atomic E-state index is 12.3. The van der Waals surface area contributed by atoms with Gasteiger partial charge in [-0.1, -0.05) is 38.1 Å². The van der Waals surface area contributed by atoms with Crippen LogP contribution in [0.25, 0.3) is 0 Å². The summed E-state index contributed by atoms with van der Waals surface area (Å²) in [6.07, 6.45) is 0.133. The third-order valence-electron chi connectivity index (χ3n) is 4.53. The Kier molecular flexibility index (Phi) is 6.74. The van der Waals surface area contributed by atoms with Gasteiger partial charge in [-0.3, -0.25) is 4.79 Å². The summed E-state index contributed by atoms with van der Waals surface area (Å²) in [5, 5.41) is 6.81. The molecule has 0 spiro atoms. The van der Waals surface area contributed by atoms with E-state index in [1.165, 1.54) is 7.11 Å². The molecule has 0 fully saturated rings. The Bertz CT molecular complexity index is 1050.